The Morgan fingerprint density at radius 3 is 2.47 bits per heavy atom. The molecule has 0 fully saturated rings. The van der Waals surface area contributed by atoms with E-state index < -0.39 is 23.1 Å². The standard InChI is InChI=1S/C26H33N5O5S2/c1-29(2)14-6-5-8-22(30(3)26(33)36-4)24(32)27-20(16-18-10-12-19(13-11-18)31(34)35)21-17-38-25(28-21)23-9-7-15-37-23/h7,9-13,15,17,20,22H,5-6,8,14,16H2,1-4H3,(H,27,32)/t20-,22?/m0/s1. The van der Waals surface area contributed by atoms with Gasteiger partial charge in [-0.05, 0) is 63.3 Å². The van der Waals surface area contributed by atoms with Crippen LogP contribution in [0.5, 0.6) is 0 Å². The fourth-order valence-corrected chi connectivity index (χ4v) is 5.67. The van der Waals surface area contributed by atoms with Gasteiger partial charge in [0.25, 0.3) is 5.69 Å². The predicted molar refractivity (Wildman–Crippen MR) is 149 cm³/mol. The number of carbonyl (C=O) groups is 2. The summed E-state index contributed by atoms with van der Waals surface area (Å²) in [6.45, 7) is 0.878. The minimum absolute atomic E-state index is 0.000432. The molecule has 0 aliphatic carbocycles. The van der Waals surface area contributed by atoms with E-state index >= 15 is 0 Å². The van der Waals surface area contributed by atoms with Gasteiger partial charge >= 0.3 is 6.09 Å². The average molecular weight is 560 g/mol. The number of rotatable bonds is 13. The van der Waals surface area contributed by atoms with Crippen molar-refractivity contribution in [3.63, 3.8) is 0 Å². The highest BCUT2D eigenvalue weighted by molar-refractivity contribution is 7.20. The maximum atomic E-state index is 13.6. The topological polar surface area (TPSA) is 118 Å². The lowest BCUT2D eigenvalue weighted by Crippen LogP contribution is -2.48. The minimum Gasteiger partial charge on any atom is -0.453 e. The lowest BCUT2D eigenvalue weighted by Gasteiger charge is -2.28. The molecule has 0 aliphatic rings. The summed E-state index contributed by atoms with van der Waals surface area (Å²) in [5.74, 6) is -0.305. The number of hydrogen-bond acceptors (Lipinski definition) is 9. The summed E-state index contributed by atoms with van der Waals surface area (Å²) >= 11 is 3.08. The number of nitro groups is 1. The van der Waals surface area contributed by atoms with Crippen molar-refractivity contribution < 1.29 is 19.2 Å². The van der Waals surface area contributed by atoms with Crippen molar-refractivity contribution >= 4 is 40.4 Å². The van der Waals surface area contributed by atoms with Gasteiger partial charge < -0.3 is 15.0 Å². The Kier molecular flexibility index (Phi) is 10.7. The van der Waals surface area contributed by atoms with Crippen LogP contribution < -0.4 is 5.32 Å². The number of benzene rings is 1. The van der Waals surface area contributed by atoms with Crippen molar-refractivity contribution in [1.82, 2.24) is 20.1 Å². The zero-order valence-corrected chi connectivity index (χ0v) is 23.6. The predicted octanol–water partition coefficient (Wildman–Crippen LogP) is 4.98. The Morgan fingerprint density at radius 1 is 1.13 bits per heavy atom. The lowest BCUT2D eigenvalue weighted by atomic mass is 10.0. The van der Waals surface area contributed by atoms with E-state index in [1.807, 2.05) is 37.0 Å². The highest BCUT2D eigenvalue weighted by Crippen LogP contribution is 2.31. The fraction of sp³-hybridized carbons (Fsp3) is 0.423. The first-order valence-corrected chi connectivity index (χ1v) is 13.9. The van der Waals surface area contributed by atoms with Crippen LogP contribution in [0, 0.1) is 10.1 Å². The number of carbonyl (C=O) groups excluding carboxylic acids is 2. The molecule has 204 valence electrons. The monoisotopic (exact) mass is 559 g/mol. The van der Waals surface area contributed by atoms with Gasteiger partial charge in [0, 0.05) is 24.6 Å². The molecule has 1 aromatic carbocycles. The van der Waals surface area contributed by atoms with E-state index in [9.17, 15) is 19.7 Å². The highest BCUT2D eigenvalue weighted by atomic mass is 32.1. The van der Waals surface area contributed by atoms with Crippen molar-refractivity contribution in [2.75, 3.05) is 34.8 Å². The molecular formula is C26H33N5O5S2. The summed E-state index contributed by atoms with van der Waals surface area (Å²) in [6.07, 6.45) is 1.91. The van der Waals surface area contributed by atoms with Crippen LogP contribution in [-0.4, -0.2) is 72.5 Å². The molecule has 0 saturated carbocycles. The molecule has 38 heavy (non-hydrogen) atoms. The molecule has 1 unspecified atom stereocenters. The first-order chi connectivity index (χ1) is 18.2. The third-order valence-electron chi connectivity index (χ3n) is 6.08. The van der Waals surface area contributed by atoms with E-state index in [2.05, 4.69) is 10.2 Å². The summed E-state index contributed by atoms with van der Waals surface area (Å²) in [4.78, 5) is 45.8. The normalized spacial score (nSPS) is 12.7. The number of amides is 2. The minimum atomic E-state index is -0.723. The smallest absolute Gasteiger partial charge is 0.409 e. The van der Waals surface area contributed by atoms with Gasteiger partial charge in [0.1, 0.15) is 11.0 Å². The third kappa shape index (κ3) is 8.07. The number of methoxy groups -OCH3 is 1. The van der Waals surface area contributed by atoms with Crippen LogP contribution in [-0.2, 0) is 16.0 Å². The van der Waals surface area contributed by atoms with Crippen LogP contribution in [0.3, 0.4) is 0 Å². The number of thiophene rings is 1. The van der Waals surface area contributed by atoms with E-state index in [0.717, 1.165) is 34.8 Å². The molecule has 1 N–H and O–H groups in total. The van der Waals surface area contributed by atoms with Gasteiger partial charge in [-0.2, -0.15) is 0 Å². The van der Waals surface area contributed by atoms with Crippen molar-refractivity contribution in [2.24, 2.45) is 0 Å². The number of hydrogen-bond donors (Lipinski definition) is 1. The van der Waals surface area contributed by atoms with Crippen LogP contribution in [0.4, 0.5) is 10.5 Å². The SMILES string of the molecule is COC(=O)N(C)C(CCCCN(C)C)C(=O)N[C@@H](Cc1ccc([N+](=O)[O-])cc1)c1csc(-c2cccs2)n1. The average Bonchev–Trinajstić information content (AvgIpc) is 3.60. The number of nitrogens with zero attached hydrogens (tertiary/aromatic N) is 4. The molecule has 10 nitrogen and oxygen atoms in total. The second-order valence-corrected chi connectivity index (χ2v) is 10.9. The van der Waals surface area contributed by atoms with Gasteiger partial charge in [-0.15, -0.1) is 22.7 Å². The largest absolute Gasteiger partial charge is 0.453 e. The van der Waals surface area contributed by atoms with Crippen LogP contribution in [0.2, 0.25) is 0 Å². The summed E-state index contributed by atoms with van der Waals surface area (Å²) in [6, 6.07) is 9.00. The second kappa shape index (κ2) is 14.0. The van der Waals surface area contributed by atoms with E-state index in [4.69, 9.17) is 9.72 Å². The molecule has 3 aromatic rings. The van der Waals surface area contributed by atoms with Gasteiger partial charge in [0.2, 0.25) is 5.91 Å². The molecule has 2 aromatic heterocycles. The Hall–Kier alpha value is -3.35. The molecule has 0 aliphatic heterocycles. The number of nitrogens with one attached hydrogen (secondary N) is 1. The van der Waals surface area contributed by atoms with Gasteiger partial charge in [-0.25, -0.2) is 9.78 Å². The first kappa shape index (κ1) is 29.2. The zero-order chi connectivity index (χ0) is 27.7. The molecule has 0 bridgehead atoms. The van der Waals surface area contributed by atoms with Crippen molar-refractivity contribution in [3.8, 4) is 9.88 Å². The quantitative estimate of drug-likeness (QED) is 0.178. The molecule has 2 amide bonds. The number of ether oxygens (including phenoxy) is 1. The molecule has 0 spiro atoms. The van der Waals surface area contributed by atoms with Crippen molar-refractivity contribution in [1.29, 1.82) is 0 Å². The Balaban J connectivity index is 1.85. The third-order valence-corrected chi connectivity index (χ3v) is 7.98. The van der Waals surface area contributed by atoms with E-state index in [1.54, 1.807) is 30.5 Å². The number of nitro benzene ring substituents is 1. The summed E-state index contributed by atoms with van der Waals surface area (Å²) in [7, 11) is 6.83. The highest BCUT2D eigenvalue weighted by Gasteiger charge is 2.30. The van der Waals surface area contributed by atoms with Crippen molar-refractivity contribution in [3.05, 3.63) is 68.5 Å². The lowest BCUT2D eigenvalue weighted by molar-refractivity contribution is -0.384. The van der Waals surface area contributed by atoms with Gasteiger partial charge in [0.15, 0.2) is 0 Å². The number of aromatic nitrogens is 1. The number of thiazole rings is 1. The molecule has 0 saturated heterocycles. The molecule has 2 atom stereocenters. The van der Waals surface area contributed by atoms with E-state index in [-0.39, 0.29) is 11.6 Å². The number of likely N-dealkylation sites (N-methyl/N-ethyl adjacent to an activating group) is 1. The Bertz CT molecular complexity index is 1200. The summed E-state index contributed by atoms with van der Waals surface area (Å²) in [5, 5.41) is 18.9. The fourth-order valence-electron chi connectivity index (χ4n) is 3.98. The molecule has 12 heteroatoms. The van der Waals surface area contributed by atoms with Crippen LogP contribution in [0.25, 0.3) is 9.88 Å². The van der Waals surface area contributed by atoms with Crippen LogP contribution >= 0.6 is 22.7 Å². The zero-order valence-electron chi connectivity index (χ0n) is 22.0. The Morgan fingerprint density at radius 2 is 1.87 bits per heavy atom. The number of unbranched alkanes of at least 4 members (excludes halogenated alkanes) is 1. The second-order valence-electron chi connectivity index (χ2n) is 9.14. The maximum Gasteiger partial charge on any atom is 0.409 e. The molecule has 0 radical (unpaired) electrons. The molecule has 2 heterocycles. The van der Waals surface area contributed by atoms with Crippen LogP contribution in [0.1, 0.15) is 36.6 Å². The first-order valence-electron chi connectivity index (χ1n) is 12.2. The van der Waals surface area contributed by atoms with Gasteiger partial charge in [-0.3, -0.25) is 19.8 Å². The summed E-state index contributed by atoms with van der Waals surface area (Å²) in [5.41, 5.74) is 1.51. The van der Waals surface area contributed by atoms with Crippen molar-refractivity contribution in [2.45, 2.75) is 37.8 Å². The summed E-state index contributed by atoms with van der Waals surface area (Å²) < 4.78 is 4.88. The van der Waals surface area contributed by atoms with E-state index in [0.29, 0.717) is 18.5 Å². The van der Waals surface area contributed by atoms with Gasteiger partial charge in [0.05, 0.1) is 28.6 Å². The maximum absolute atomic E-state index is 13.6. The molecule has 3 rings (SSSR count). The van der Waals surface area contributed by atoms with Crippen LogP contribution in [0.15, 0.2) is 47.2 Å². The van der Waals surface area contributed by atoms with E-state index in [1.165, 1.54) is 35.5 Å². The Labute approximate surface area is 230 Å². The van der Waals surface area contributed by atoms with Gasteiger partial charge in [-0.1, -0.05) is 18.2 Å². The molecular weight excluding hydrogens is 526 g/mol. The number of non-ortho nitro benzene ring substituents is 1.